The molecule has 2 saturated heterocycles. The third kappa shape index (κ3) is 9.03. The van der Waals surface area contributed by atoms with Crippen LogP contribution in [0.2, 0.25) is 5.02 Å². The molecule has 11 heteroatoms. The molecule has 2 unspecified atom stereocenters. The molecule has 5 nitrogen and oxygen atoms in total. The third-order valence-corrected chi connectivity index (χ3v) is 9.08. The van der Waals surface area contributed by atoms with E-state index in [0.717, 1.165) is 44.6 Å². The monoisotopic (exact) mass is 650 g/mol. The fourth-order valence-electron chi connectivity index (χ4n) is 6.03. The Morgan fingerprint density at radius 2 is 1.40 bits per heavy atom. The summed E-state index contributed by atoms with van der Waals surface area (Å²) in [6.07, 6.45) is -0.228. The number of nitrogens with zero attached hydrogens (tertiary/aromatic N) is 2. The molecule has 0 bridgehead atoms. The summed E-state index contributed by atoms with van der Waals surface area (Å²) in [6, 6.07) is 15.9. The molecular formula is C34H40ClF5N4O. The smallest absolute Gasteiger partial charge is 0.344 e. The van der Waals surface area contributed by atoms with E-state index in [1.807, 2.05) is 6.07 Å². The number of likely N-dealkylation sites (tertiary alicyclic amines) is 2. The average Bonchev–Trinajstić information content (AvgIpc) is 3.59. The molecule has 0 saturated carbocycles. The Kier molecular flexibility index (Phi) is 12.0. The van der Waals surface area contributed by atoms with Crippen LogP contribution in [0.3, 0.4) is 0 Å². The Labute approximate surface area is 266 Å². The maximum absolute atomic E-state index is 14.4. The zero-order chi connectivity index (χ0) is 32.7. The van der Waals surface area contributed by atoms with Crippen LogP contribution < -0.4 is 11.1 Å². The van der Waals surface area contributed by atoms with E-state index >= 15 is 0 Å². The van der Waals surface area contributed by atoms with Gasteiger partial charge in [-0.1, -0.05) is 54.1 Å². The molecule has 0 spiro atoms. The molecule has 2 heterocycles. The Hall–Kier alpha value is -3.05. The Bertz CT molecular complexity index is 1440. The molecule has 3 N–H and O–H groups in total. The van der Waals surface area contributed by atoms with Crippen molar-refractivity contribution >= 4 is 17.5 Å². The minimum absolute atomic E-state index is 0.193. The van der Waals surface area contributed by atoms with Crippen LogP contribution in [-0.2, 0) is 6.18 Å². The topological polar surface area (TPSA) is 61.6 Å². The van der Waals surface area contributed by atoms with Gasteiger partial charge in [-0.15, -0.1) is 0 Å². The van der Waals surface area contributed by atoms with Gasteiger partial charge in [0.05, 0.1) is 22.2 Å². The lowest BCUT2D eigenvalue weighted by atomic mass is 10.0. The van der Waals surface area contributed by atoms with E-state index < -0.39 is 34.5 Å². The summed E-state index contributed by atoms with van der Waals surface area (Å²) >= 11 is 5.88. The molecule has 45 heavy (non-hydrogen) atoms. The maximum Gasteiger partial charge on any atom is 0.417 e. The summed E-state index contributed by atoms with van der Waals surface area (Å²) in [5.41, 5.74) is 5.59. The van der Waals surface area contributed by atoms with Crippen molar-refractivity contribution in [2.45, 2.75) is 69.9 Å². The number of amides is 1. The number of carbonyl (C=O) groups excluding carboxylic acids is 1. The molecule has 2 aliphatic heterocycles. The van der Waals surface area contributed by atoms with Gasteiger partial charge in [0, 0.05) is 42.3 Å². The number of benzene rings is 3. The quantitative estimate of drug-likeness (QED) is 0.245. The van der Waals surface area contributed by atoms with Crippen molar-refractivity contribution in [1.82, 2.24) is 15.1 Å². The minimum atomic E-state index is -4.68. The van der Waals surface area contributed by atoms with Crippen LogP contribution in [0.15, 0.2) is 66.7 Å². The van der Waals surface area contributed by atoms with Crippen LogP contribution >= 0.6 is 11.6 Å². The van der Waals surface area contributed by atoms with Crippen molar-refractivity contribution in [3.63, 3.8) is 0 Å². The highest BCUT2D eigenvalue weighted by molar-refractivity contribution is 6.34. The summed E-state index contributed by atoms with van der Waals surface area (Å²) in [4.78, 5) is 17.3. The van der Waals surface area contributed by atoms with Gasteiger partial charge in [0.1, 0.15) is 11.6 Å². The fourth-order valence-corrected chi connectivity index (χ4v) is 6.35. The van der Waals surface area contributed by atoms with E-state index in [1.165, 1.54) is 31.0 Å². The minimum Gasteiger partial charge on any atom is -0.344 e. The largest absolute Gasteiger partial charge is 0.417 e. The molecule has 0 aliphatic carbocycles. The SMILES string of the molecule is CC1CCCN1C[C@@H](N)c1ccccc1F.CC1CCCN1C[C@@H](NC(=O)c1cccc(C(F)(F)F)c1Cl)c1ccccc1F. The van der Waals surface area contributed by atoms with Gasteiger partial charge in [-0.3, -0.25) is 14.6 Å². The maximum atomic E-state index is 14.4. The Morgan fingerprint density at radius 3 is 1.91 bits per heavy atom. The molecule has 244 valence electrons. The number of nitrogens with two attached hydrogens (primary N) is 1. The first-order chi connectivity index (χ1) is 21.4. The molecule has 5 rings (SSSR count). The van der Waals surface area contributed by atoms with Crippen LogP contribution in [0.5, 0.6) is 0 Å². The number of hydrogen-bond acceptors (Lipinski definition) is 4. The van der Waals surface area contributed by atoms with Crippen LogP contribution in [0.4, 0.5) is 22.0 Å². The standard InChI is InChI=1S/C21H21ClF4N2O.C13H19FN2/c1-13-6-5-11-28(13)12-18(14-7-2-3-10-17(14)23)27-20(29)15-8-4-9-16(19(15)22)21(24,25)26;1-10-5-4-8-16(10)9-13(15)11-6-2-3-7-12(11)14/h2-4,7-10,13,18H,5-6,11-12H2,1H3,(H,27,29);2-3,6-7,10,13H,4-5,8-9,15H2,1H3/t13?,18-;10?,13-/m11/s1. The first-order valence-corrected chi connectivity index (χ1v) is 15.6. The second-order valence-electron chi connectivity index (χ2n) is 11.8. The predicted octanol–water partition coefficient (Wildman–Crippen LogP) is 7.76. The molecular weight excluding hydrogens is 611 g/mol. The summed E-state index contributed by atoms with van der Waals surface area (Å²) in [5, 5.41) is 2.02. The lowest BCUT2D eigenvalue weighted by Gasteiger charge is -2.28. The molecule has 1 amide bonds. The number of rotatable bonds is 8. The van der Waals surface area contributed by atoms with Crippen LogP contribution in [-0.4, -0.2) is 54.0 Å². The molecule has 0 aromatic heterocycles. The van der Waals surface area contributed by atoms with Crippen LogP contribution in [0.1, 0.15) is 78.7 Å². The van der Waals surface area contributed by atoms with Crippen molar-refractivity contribution in [3.8, 4) is 0 Å². The van der Waals surface area contributed by atoms with E-state index in [1.54, 1.807) is 30.3 Å². The lowest BCUT2D eigenvalue weighted by Crippen LogP contribution is -2.40. The normalized spacial score (nSPS) is 20.4. The number of hydrogen-bond donors (Lipinski definition) is 2. The molecule has 2 aliphatic rings. The van der Waals surface area contributed by atoms with Gasteiger partial charge < -0.3 is 11.1 Å². The first kappa shape index (κ1) is 34.8. The summed E-state index contributed by atoms with van der Waals surface area (Å²) in [7, 11) is 0. The third-order valence-electron chi connectivity index (χ3n) is 8.67. The highest BCUT2D eigenvalue weighted by atomic mass is 35.5. The molecule has 0 radical (unpaired) electrons. The van der Waals surface area contributed by atoms with Crippen LogP contribution in [0, 0.1) is 11.6 Å². The van der Waals surface area contributed by atoms with Crippen molar-refractivity contribution in [2.75, 3.05) is 26.2 Å². The van der Waals surface area contributed by atoms with Gasteiger partial charge in [0.15, 0.2) is 0 Å². The Morgan fingerprint density at radius 1 is 0.867 bits per heavy atom. The Balaban J connectivity index is 0.000000242. The second-order valence-corrected chi connectivity index (χ2v) is 12.2. The van der Waals surface area contributed by atoms with Gasteiger partial charge in [-0.25, -0.2) is 8.78 Å². The van der Waals surface area contributed by atoms with Crippen molar-refractivity contribution < 1.29 is 26.7 Å². The van der Waals surface area contributed by atoms with Crippen molar-refractivity contribution in [3.05, 3.63) is 106 Å². The number of carbonyl (C=O) groups is 1. The molecule has 3 aromatic carbocycles. The highest BCUT2D eigenvalue weighted by Gasteiger charge is 2.35. The van der Waals surface area contributed by atoms with Crippen molar-refractivity contribution in [1.29, 1.82) is 0 Å². The number of nitrogens with one attached hydrogen (secondary N) is 1. The van der Waals surface area contributed by atoms with E-state index in [4.69, 9.17) is 17.3 Å². The van der Waals surface area contributed by atoms with E-state index in [-0.39, 0.29) is 29.0 Å². The van der Waals surface area contributed by atoms with Gasteiger partial charge in [0.2, 0.25) is 0 Å². The van der Waals surface area contributed by atoms with Gasteiger partial charge in [-0.05, 0) is 76.9 Å². The summed E-state index contributed by atoms with van der Waals surface area (Å²) in [6.45, 7) is 7.26. The number of alkyl halides is 3. The lowest BCUT2D eigenvalue weighted by molar-refractivity contribution is -0.137. The van der Waals surface area contributed by atoms with Gasteiger partial charge >= 0.3 is 6.18 Å². The van der Waals surface area contributed by atoms with E-state index in [0.29, 0.717) is 18.2 Å². The first-order valence-electron chi connectivity index (χ1n) is 15.3. The fraction of sp³-hybridized carbons (Fsp3) is 0.441. The average molecular weight is 651 g/mol. The van der Waals surface area contributed by atoms with Crippen LogP contribution in [0.25, 0.3) is 0 Å². The molecule has 2 fully saturated rings. The zero-order valence-corrected chi connectivity index (χ0v) is 26.2. The van der Waals surface area contributed by atoms with Gasteiger partial charge in [-0.2, -0.15) is 13.2 Å². The highest BCUT2D eigenvalue weighted by Crippen LogP contribution is 2.36. The molecule has 4 atom stereocenters. The molecule has 3 aromatic rings. The predicted molar refractivity (Wildman–Crippen MR) is 167 cm³/mol. The second kappa shape index (κ2) is 15.5. The van der Waals surface area contributed by atoms with E-state index in [2.05, 4.69) is 29.0 Å². The van der Waals surface area contributed by atoms with E-state index in [9.17, 15) is 26.7 Å². The van der Waals surface area contributed by atoms with Gasteiger partial charge in [0.25, 0.3) is 5.91 Å². The van der Waals surface area contributed by atoms with Crippen molar-refractivity contribution in [2.24, 2.45) is 5.73 Å². The summed E-state index contributed by atoms with van der Waals surface area (Å²) in [5.74, 6) is -1.46. The summed E-state index contributed by atoms with van der Waals surface area (Å²) < 4.78 is 67.3. The number of halogens is 6. The zero-order valence-electron chi connectivity index (χ0n) is 25.5.